The van der Waals surface area contributed by atoms with Crippen LogP contribution in [-0.4, -0.2) is 43.8 Å². The molecule has 0 unspecified atom stereocenters. The summed E-state index contributed by atoms with van der Waals surface area (Å²) in [5.41, 5.74) is 1.18. The molecule has 0 fully saturated rings. The fourth-order valence-corrected chi connectivity index (χ4v) is 3.39. The van der Waals surface area contributed by atoms with Crippen molar-refractivity contribution in [3.05, 3.63) is 87.7 Å². The number of nitrogens with zero attached hydrogens (tertiary/aromatic N) is 1. The van der Waals surface area contributed by atoms with Crippen LogP contribution in [0.3, 0.4) is 0 Å². The van der Waals surface area contributed by atoms with Gasteiger partial charge in [0.25, 0.3) is 11.8 Å². The summed E-state index contributed by atoms with van der Waals surface area (Å²) in [4.78, 5) is 27.5. The third-order valence-corrected chi connectivity index (χ3v) is 5.23. The van der Waals surface area contributed by atoms with Gasteiger partial charge < -0.3 is 20.3 Å². The summed E-state index contributed by atoms with van der Waals surface area (Å²) in [7, 11) is 4.66. The zero-order valence-electron chi connectivity index (χ0n) is 19.2. The molecule has 0 heterocycles. The van der Waals surface area contributed by atoms with E-state index in [1.165, 1.54) is 36.3 Å². The Kier molecular flexibility index (Phi) is 7.74. The second-order valence-corrected chi connectivity index (χ2v) is 8.03. The highest BCUT2D eigenvalue weighted by molar-refractivity contribution is 6.31. The first-order chi connectivity index (χ1) is 16.6. The molecule has 35 heavy (non-hydrogen) atoms. The molecule has 2 amide bonds. The number of carbonyl (C=O) groups excluding carboxylic acids is 2. The molecule has 0 aromatic heterocycles. The second-order valence-electron chi connectivity index (χ2n) is 7.60. The Labute approximate surface area is 207 Å². The molecule has 0 radical (unpaired) electrons. The number of benzene rings is 3. The van der Waals surface area contributed by atoms with Gasteiger partial charge in [-0.15, -0.1) is 6.42 Å². The van der Waals surface area contributed by atoms with Crippen molar-refractivity contribution in [2.45, 2.75) is 0 Å². The number of rotatable bonds is 6. The van der Waals surface area contributed by atoms with Gasteiger partial charge in [-0.3, -0.25) is 15.0 Å². The molecule has 0 atom stereocenters. The van der Waals surface area contributed by atoms with E-state index in [0.29, 0.717) is 16.8 Å². The largest absolute Gasteiger partial charge is 0.494 e. The fourth-order valence-electron chi connectivity index (χ4n) is 3.18. The van der Waals surface area contributed by atoms with E-state index in [1.807, 2.05) is 0 Å². The first-order valence-corrected chi connectivity index (χ1v) is 10.6. The van der Waals surface area contributed by atoms with Crippen LogP contribution < -0.4 is 15.4 Å². The standard InChI is InChI=1S/C26H22ClFN4O3/c1-5-15-6-9-18(10-7-15)30-26(34)20-13-17(27)14-22(35-4)23(20)31-25(33)19-11-8-16(12-21(19)28)24(29)32(2)3/h1,6-14,29H,2-4H3,(H,30,34)(H,31,33). The van der Waals surface area contributed by atoms with Gasteiger partial charge >= 0.3 is 0 Å². The van der Waals surface area contributed by atoms with E-state index in [2.05, 4.69) is 16.6 Å². The predicted octanol–water partition coefficient (Wildman–Crippen LogP) is 4.86. The first-order valence-electron chi connectivity index (χ1n) is 10.3. The van der Waals surface area contributed by atoms with Gasteiger partial charge in [-0.2, -0.15) is 0 Å². The molecule has 178 valence electrons. The van der Waals surface area contributed by atoms with Crippen molar-refractivity contribution in [3.63, 3.8) is 0 Å². The van der Waals surface area contributed by atoms with E-state index >= 15 is 0 Å². The van der Waals surface area contributed by atoms with E-state index in [1.54, 1.807) is 38.4 Å². The van der Waals surface area contributed by atoms with Crippen molar-refractivity contribution < 1.29 is 18.7 Å². The van der Waals surface area contributed by atoms with Crippen molar-refractivity contribution in [3.8, 4) is 18.1 Å². The van der Waals surface area contributed by atoms with Crippen LogP contribution in [0.15, 0.2) is 54.6 Å². The summed E-state index contributed by atoms with van der Waals surface area (Å²) in [5, 5.41) is 13.4. The normalized spacial score (nSPS) is 10.2. The second kappa shape index (κ2) is 10.7. The van der Waals surface area contributed by atoms with Gasteiger partial charge in [0, 0.05) is 42.0 Å². The van der Waals surface area contributed by atoms with Gasteiger partial charge in [-0.25, -0.2) is 4.39 Å². The van der Waals surface area contributed by atoms with Crippen LogP contribution in [0.2, 0.25) is 5.02 Å². The van der Waals surface area contributed by atoms with Gasteiger partial charge in [0.2, 0.25) is 0 Å². The smallest absolute Gasteiger partial charge is 0.258 e. The summed E-state index contributed by atoms with van der Waals surface area (Å²) in [5.74, 6) is 0.486. The molecule has 0 aliphatic heterocycles. The maximum Gasteiger partial charge on any atom is 0.258 e. The van der Waals surface area contributed by atoms with Gasteiger partial charge in [0.1, 0.15) is 17.4 Å². The number of amides is 2. The van der Waals surface area contributed by atoms with E-state index < -0.39 is 17.6 Å². The lowest BCUT2D eigenvalue weighted by Gasteiger charge is -2.17. The third kappa shape index (κ3) is 5.78. The van der Waals surface area contributed by atoms with Crippen molar-refractivity contribution >= 4 is 40.6 Å². The minimum atomic E-state index is -0.820. The highest BCUT2D eigenvalue weighted by Crippen LogP contribution is 2.33. The lowest BCUT2D eigenvalue weighted by Crippen LogP contribution is -2.23. The number of methoxy groups -OCH3 is 1. The van der Waals surface area contributed by atoms with Gasteiger partial charge in [-0.05, 0) is 42.5 Å². The van der Waals surface area contributed by atoms with E-state index in [0.717, 1.165) is 6.07 Å². The minimum absolute atomic E-state index is 0.00939. The molecule has 3 N–H and O–H groups in total. The number of anilines is 2. The van der Waals surface area contributed by atoms with Crippen LogP contribution in [0.25, 0.3) is 0 Å². The summed E-state index contributed by atoms with van der Waals surface area (Å²) in [6.07, 6.45) is 5.36. The lowest BCUT2D eigenvalue weighted by atomic mass is 10.1. The number of nitrogens with one attached hydrogen (secondary N) is 3. The number of hydrogen-bond acceptors (Lipinski definition) is 4. The SMILES string of the molecule is C#Cc1ccc(NC(=O)c2cc(Cl)cc(OC)c2NC(=O)c2ccc(C(=N)N(C)C)cc2F)cc1. The topological polar surface area (TPSA) is 94.5 Å². The van der Waals surface area contributed by atoms with Crippen LogP contribution >= 0.6 is 11.6 Å². The predicted molar refractivity (Wildman–Crippen MR) is 135 cm³/mol. The molecule has 3 rings (SSSR count). The van der Waals surface area contributed by atoms with Crippen LogP contribution in [0.1, 0.15) is 31.8 Å². The maximum absolute atomic E-state index is 14.8. The molecule has 0 bridgehead atoms. The Morgan fingerprint density at radius 3 is 2.26 bits per heavy atom. The number of amidine groups is 1. The molecule has 0 spiro atoms. The Hall–Kier alpha value is -4.35. The first kappa shape index (κ1) is 25.3. The molecular formula is C26H22ClFN4O3. The number of terminal acetylenes is 1. The van der Waals surface area contributed by atoms with Crippen molar-refractivity contribution in [1.82, 2.24) is 4.90 Å². The fraction of sp³-hybridized carbons (Fsp3) is 0.115. The van der Waals surface area contributed by atoms with E-state index in [4.69, 9.17) is 28.2 Å². The van der Waals surface area contributed by atoms with Crippen LogP contribution in [0.5, 0.6) is 5.75 Å². The molecule has 9 heteroatoms. The molecule has 7 nitrogen and oxygen atoms in total. The van der Waals surface area contributed by atoms with Gasteiger partial charge in [0.05, 0.1) is 23.9 Å². The number of carbonyl (C=O) groups is 2. The molecule has 0 saturated heterocycles. The number of hydrogen-bond donors (Lipinski definition) is 3. The average Bonchev–Trinajstić information content (AvgIpc) is 2.84. The molecule has 3 aromatic rings. The highest BCUT2D eigenvalue weighted by atomic mass is 35.5. The van der Waals surface area contributed by atoms with Crippen molar-refractivity contribution in [2.24, 2.45) is 0 Å². The summed E-state index contributed by atoms with van der Waals surface area (Å²) < 4.78 is 20.1. The van der Waals surface area contributed by atoms with Crippen LogP contribution in [0, 0.1) is 23.6 Å². The van der Waals surface area contributed by atoms with Crippen LogP contribution in [0.4, 0.5) is 15.8 Å². The summed E-state index contributed by atoms with van der Waals surface area (Å²) in [6.45, 7) is 0. The molecule has 0 aliphatic rings. The average molecular weight is 493 g/mol. The lowest BCUT2D eigenvalue weighted by molar-refractivity contribution is 0.102. The zero-order chi connectivity index (χ0) is 25.7. The summed E-state index contributed by atoms with van der Waals surface area (Å²) >= 11 is 6.16. The minimum Gasteiger partial charge on any atom is -0.494 e. The molecule has 0 aliphatic carbocycles. The Balaban J connectivity index is 1.94. The monoisotopic (exact) mass is 492 g/mol. The van der Waals surface area contributed by atoms with Gasteiger partial charge in [0.15, 0.2) is 0 Å². The van der Waals surface area contributed by atoms with Crippen LogP contribution in [-0.2, 0) is 0 Å². The van der Waals surface area contributed by atoms with Crippen molar-refractivity contribution in [2.75, 3.05) is 31.8 Å². The molecule has 0 saturated carbocycles. The number of ether oxygens (including phenoxy) is 1. The molecular weight excluding hydrogens is 471 g/mol. The summed E-state index contributed by atoms with van der Waals surface area (Å²) in [6, 6.07) is 13.2. The van der Waals surface area contributed by atoms with Crippen molar-refractivity contribution in [1.29, 1.82) is 5.41 Å². The Bertz CT molecular complexity index is 1350. The zero-order valence-corrected chi connectivity index (χ0v) is 20.0. The quantitative estimate of drug-likeness (QED) is 0.260. The molecule has 3 aromatic carbocycles. The Morgan fingerprint density at radius 2 is 1.69 bits per heavy atom. The number of halogens is 2. The Morgan fingerprint density at radius 1 is 1.03 bits per heavy atom. The van der Waals surface area contributed by atoms with Gasteiger partial charge in [-0.1, -0.05) is 23.6 Å². The highest BCUT2D eigenvalue weighted by Gasteiger charge is 2.22. The maximum atomic E-state index is 14.8. The van der Waals surface area contributed by atoms with E-state index in [9.17, 15) is 14.0 Å². The van der Waals surface area contributed by atoms with E-state index in [-0.39, 0.29) is 33.4 Å². The third-order valence-electron chi connectivity index (χ3n) is 5.01.